The Bertz CT molecular complexity index is 923. The average Bonchev–Trinajstić information content (AvgIpc) is 2.78. The van der Waals surface area contributed by atoms with Crippen LogP contribution in [0, 0.1) is 0 Å². The van der Waals surface area contributed by atoms with Gasteiger partial charge in [-0.2, -0.15) is 0 Å². The number of benzene rings is 2. The maximum atomic E-state index is 13.0. The molecule has 7 nitrogen and oxygen atoms in total. The Morgan fingerprint density at radius 3 is 2.17 bits per heavy atom. The highest BCUT2D eigenvalue weighted by molar-refractivity contribution is 5.96. The van der Waals surface area contributed by atoms with Crippen LogP contribution >= 0.6 is 0 Å². The lowest BCUT2D eigenvalue weighted by molar-refractivity contribution is -0.140. The molecule has 0 radical (unpaired) electrons. The van der Waals surface area contributed by atoms with Gasteiger partial charge in [0.05, 0.1) is 12.2 Å². The predicted molar refractivity (Wildman–Crippen MR) is 108 cm³/mol. The maximum Gasteiger partial charge on any atom is 0.265 e. The first-order chi connectivity index (χ1) is 14.0. The topological polar surface area (TPSA) is 70.2 Å². The third-order valence-corrected chi connectivity index (χ3v) is 5.33. The van der Waals surface area contributed by atoms with E-state index in [0.717, 1.165) is 0 Å². The van der Waals surface area contributed by atoms with Crippen LogP contribution in [0.2, 0.25) is 0 Å². The van der Waals surface area contributed by atoms with Crippen LogP contribution < -0.4 is 9.64 Å². The molecule has 7 heteroatoms. The van der Waals surface area contributed by atoms with Crippen molar-refractivity contribution in [1.29, 1.82) is 0 Å². The minimum atomic E-state index is -0.745. The second-order valence-corrected chi connectivity index (χ2v) is 7.19. The summed E-state index contributed by atoms with van der Waals surface area (Å²) < 4.78 is 5.91. The highest BCUT2D eigenvalue weighted by Crippen LogP contribution is 2.33. The Kier molecular flexibility index (Phi) is 5.20. The van der Waals surface area contributed by atoms with Gasteiger partial charge in [-0.3, -0.25) is 14.4 Å². The standard InChI is InChI=1S/C22H23N3O4/c1-16(26)25-15-20(29-19-10-6-5-9-18(19)25)22(28)24-13-11-23(12-14-24)21(27)17-7-3-2-4-8-17/h2-10,20H,11-15H2,1H3. The molecule has 1 fully saturated rings. The molecule has 0 spiro atoms. The predicted octanol–water partition coefficient (Wildman–Crippen LogP) is 1.79. The molecule has 2 heterocycles. The summed E-state index contributed by atoms with van der Waals surface area (Å²) in [6.07, 6.45) is -0.745. The number of ether oxygens (including phenoxy) is 1. The van der Waals surface area contributed by atoms with Crippen molar-refractivity contribution in [3.63, 3.8) is 0 Å². The van der Waals surface area contributed by atoms with Crippen LogP contribution in [0.1, 0.15) is 17.3 Å². The number of nitrogens with zero attached hydrogens (tertiary/aromatic N) is 3. The van der Waals surface area contributed by atoms with Gasteiger partial charge in [0.2, 0.25) is 5.91 Å². The van der Waals surface area contributed by atoms with Crippen molar-refractivity contribution in [2.75, 3.05) is 37.6 Å². The first-order valence-electron chi connectivity index (χ1n) is 9.71. The molecule has 2 aliphatic heterocycles. The van der Waals surface area contributed by atoms with Gasteiger partial charge in [-0.15, -0.1) is 0 Å². The van der Waals surface area contributed by atoms with E-state index < -0.39 is 6.10 Å². The maximum absolute atomic E-state index is 13.0. The Morgan fingerprint density at radius 2 is 1.48 bits per heavy atom. The van der Waals surface area contributed by atoms with E-state index in [2.05, 4.69) is 0 Å². The fourth-order valence-electron chi connectivity index (χ4n) is 3.76. The number of hydrogen-bond donors (Lipinski definition) is 0. The van der Waals surface area contributed by atoms with E-state index in [0.29, 0.717) is 43.2 Å². The lowest BCUT2D eigenvalue weighted by Gasteiger charge is -2.39. The lowest BCUT2D eigenvalue weighted by Crippen LogP contribution is -2.56. The summed E-state index contributed by atoms with van der Waals surface area (Å²) >= 11 is 0. The van der Waals surface area contributed by atoms with Crippen molar-refractivity contribution in [3.8, 4) is 5.75 Å². The van der Waals surface area contributed by atoms with E-state index in [1.807, 2.05) is 36.4 Å². The summed E-state index contributed by atoms with van der Waals surface area (Å²) in [5, 5.41) is 0. The van der Waals surface area contributed by atoms with Crippen LogP contribution in [-0.2, 0) is 9.59 Å². The number of rotatable bonds is 2. The number of amides is 3. The van der Waals surface area contributed by atoms with Crippen LogP contribution in [0.25, 0.3) is 0 Å². The Morgan fingerprint density at radius 1 is 0.862 bits per heavy atom. The molecule has 2 aliphatic rings. The Hall–Kier alpha value is -3.35. The molecule has 2 aromatic carbocycles. The fourth-order valence-corrected chi connectivity index (χ4v) is 3.76. The number of carbonyl (C=O) groups is 3. The highest BCUT2D eigenvalue weighted by atomic mass is 16.5. The average molecular weight is 393 g/mol. The molecule has 0 aliphatic carbocycles. The quantitative estimate of drug-likeness (QED) is 0.780. The van der Waals surface area contributed by atoms with Gasteiger partial charge < -0.3 is 19.4 Å². The lowest BCUT2D eigenvalue weighted by atomic mass is 10.1. The van der Waals surface area contributed by atoms with E-state index in [1.165, 1.54) is 6.92 Å². The van der Waals surface area contributed by atoms with Gasteiger partial charge in [0, 0.05) is 38.7 Å². The van der Waals surface area contributed by atoms with Gasteiger partial charge in [-0.05, 0) is 24.3 Å². The fraction of sp³-hybridized carbons (Fsp3) is 0.318. The van der Waals surface area contributed by atoms with Crippen molar-refractivity contribution in [2.24, 2.45) is 0 Å². The van der Waals surface area contributed by atoms with Gasteiger partial charge in [-0.1, -0.05) is 30.3 Å². The molecular weight excluding hydrogens is 370 g/mol. The van der Waals surface area contributed by atoms with E-state index in [9.17, 15) is 14.4 Å². The minimum Gasteiger partial charge on any atom is -0.476 e. The zero-order valence-corrected chi connectivity index (χ0v) is 16.3. The Labute approximate surface area is 169 Å². The third-order valence-electron chi connectivity index (χ3n) is 5.33. The highest BCUT2D eigenvalue weighted by Gasteiger charge is 2.36. The first-order valence-corrected chi connectivity index (χ1v) is 9.71. The van der Waals surface area contributed by atoms with E-state index in [1.54, 1.807) is 32.9 Å². The zero-order valence-electron chi connectivity index (χ0n) is 16.3. The van der Waals surface area contributed by atoms with Crippen molar-refractivity contribution in [2.45, 2.75) is 13.0 Å². The van der Waals surface area contributed by atoms with E-state index in [4.69, 9.17) is 4.74 Å². The first kappa shape index (κ1) is 19.0. The number of fused-ring (bicyclic) bond motifs is 1. The molecule has 3 amide bonds. The molecule has 0 saturated carbocycles. The summed E-state index contributed by atoms with van der Waals surface area (Å²) in [5.41, 5.74) is 1.33. The molecule has 150 valence electrons. The summed E-state index contributed by atoms with van der Waals surface area (Å²) in [6.45, 7) is 3.50. The molecular formula is C22H23N3O4. The van der Waals surface area contributed by atoms with Gasteiger partial charge >= 0.3 is 0 Å². The molecule has 4 rings (SSSR count). The van der Waals surface area contributed by atoms with Crippen molar-refractivity contribution in [1.82, 2.24) is 9.80 Å². The smallest absolute Gasteiger partial charge is 0.265 e. The molecule has 0 bridgehead atoms. The van der Waals surface area contributed by atoms with Gasteiger partial charge in [0.1, 0.15) is 5.75 Å². The largest absolute Gasteiger partial charge is 0.476 e. The van der Waals surface area contributed by atoms with Crippen LogP contribution in [0.15, 0.2) is 54.6 Å². The molecule has 1 saturated heterocycles. The van der Waals surface area contributed by atoms with Crippen LogP contribution in [-0.4, -0.2) is 66.3 Å². The normalized spacial score (nSPS) is 18.7. The summed E-state index contributed by atoms with van der Waals surface area (Å²) in [5.74, 6) is 0.225. The van der Waals surface area contributed by atoms with Gasteiger partial charge in [0.25, 0.3) is 11.8 Å². The Balaban J connectivity index is 1.41. The number of hydrogen-bond acceptors (Lipinski definition) is 4. The summed E-state index contributed by atoms with van der Waals surface area (Å²) in [4.78, 5) is 42.7. The van der Waals surface area contributed by atoms with Crippen LogP contribution in [0.4, 0.5) is 5.69 Å². The molecule has 1 unspecified atom stereocenters. The second-order valence-electron chi connectivity index (χ2n) is 7.19. The minimum absolute atomic E-state index is 0.0247. The number of para-hydroxylation sites is 2. The number of carbonyl (C=O) groups excluding carboxylic acids is 3. The number of piperazine rings is 1. The third kappa shape index (κ3) is 3.81. The molecule has 1 atom stereocenters. The van der Waals surface area contributed by atoms with Gasteiger partial charge in [-0.25, -0.2) is 0 Å². The van der Waals surface area contributed by atoms with Gasteiger partial charge in [0.15, 0.2) is 6.10 Å². The SMILES string of the molecule is CC(=O)N1CC(C(=O)N2CCN(C(=O)c3ccccc3)CC2)Oc2ccccc21. The van der Waals surface area contributed by atoms with Crippen LogP contribution in [0.3, 0.4) is 0 Å². The van der Waals surface area contributed by atoms with Crippen molar-refractivity contribution < 1.29 is 19.1 Å². The number of anilines is 1. The van der Waals surface area contributed by atoms with Crippen LogP contribution in [0.5, 0.6) is 5.75 Å². The molecule has 0 N–H and O–H groups in total. The zero-order chi connectivity index (χ0) is 20.4. The summed E-state index contributed by atoms with van der Waals surface area (Å²) in [7, 11) is 0. The molecule has 29 heavy (non-hydrogen) atoms. The van der Waals surface area contributed by atoms with E-state index >= 15 is 0 Å². The van der Waals surface area contributed by atoms with Crippen molar-refractivity contribution in [3.05, 3.63) is 60.2 Å². The second kappa shape index (κ2) is 7.95. The molecule has 2 aromatic rings. The summed E-state index contributed by atoms with van der Waals surface area (Å²) in [6, 6.07) is 16.4. The van der Waals surface area contributed by atoms with Crippen molar-refractivity contribution >= 4 is 23.4 Å². The molecule has 0 aromatic heterocycles. The van der Waals surface area contributed by atoms with E-state index in [-0.39, 0.29) is 24.3 Å². The monoisotopic (exact) mass is 393 g/mol.